The van der Waals surface area contributed by atoms with Gasteiger partial charge in [0.1, 0.15) is 5.75 Å². The van der Waals surface area contributed by atoms with Crippen molar-refractivity contribution in [3.05, 3.63) is 47.3 Å². The van der Waals surface area contributed by atoms with Gasteiger partial charge in [-0.2, -0.15) is 0 Å². The van der Waals surface area contributed by atoms with Crippen molar-refractivity contribution in [2.24, 2.45) is 0 Å². The molecular weight excluding hydrogens is 350 g/mol. The number of benzene rings is 1. The van der Waals surface area contributed by atoms with E-state index in [1.165, 1.54) is 11.8 Å². The summed E-state index contributed by atoms with van der Waals surface area (Å²) in [5, 5.41) is 8.93. The number of rotatable bonds is 6. The predicted molar refractivity (Wildman–Crippen MR) is 100 cm³/mol. The molecule has 0 fully saturated rings. The third-order valence-electron chi connectivity index (χ3n) is 4.01. The van der Waals surface area contributed by atoms with E-state index in [0.29, 0.717) is 17.5 Å². The predicted octanol–water partition coefficient (Wildman–Crippen LogP) is 2.50. The number of carbonyl (C=O) groups is 1. The van der Waals surface area contributed by atoms with Crippen LogP contribution in [0, 0.1) is 13.8 Å². The molecule has 0 aliphatic heterocycles. The van der Waals surface area contributed by atoms with Crippen molar-refractivity contribution in [3.63, 3.8) is 0 Å². The minimum atomic E-state index is 0.00961. The highest BCUT2D eigenvalue weighted by molar-refractivity contribution is 7.99. The van der Waals surface area contributed by atoms with E-state index >= 15 is 0 Å². The van der Waals surface area contributed by atoms with E-state index in [-0.39, 0.29) is 11.7 Å². The Morgan fingerprint density at radius 3 is 2.81 bits per heavy atom. The SMILES string of the molecule is COc1ccccc1CN(C)C(=O)CSc1nnc2nc(C)cc(C)n12. The number of para-hydroxylation sites is 1. The number of nitrogens with zero attached hydrogens (tertiary/aromatic N) is 5. The zero-order chi connectivity index (χ0) is 18.7. The van der Waals surface area contributed by atoms with Gasteiger partial charge in [0.25, 0.3) is 5.78 Å². The molecule has 136 valence electrons. The van der Waals surface area contributed by atoms with Gasteiger partial charge in [-0.15, -0.1) is 10.2 Å². The zero-order valence-electron chi connectivity index (χ0n) is 15.3. The van der Waals surface area contributed by atoms with Crippen LogP contribution in [0.1, 0.15) is 17.0 Å². The summed E-state index contributed by atoms with van der Waals surface area (Å²) >= 11 is 1.36. The summed E-state index contributed by atoms with van der Waals surface area (Å²) in [4.78, 5) is 18.6. The van der Waals surface area contributed by atoms with Gasteiger partial charge in [-0.25, -0.2) is 4.98 Å². The smallest absolute Gasteiger partial charge is 0.256 e. The van der Waals surface area contributed by atoms with Crippen LogP contribution < -0.4 is 4.74 Å². The first kappa shape index (κ1) is 18.2. The maximum atomic E-state index is 12.5. The van der Waals surface area contributed by atoms with Crippen molar-refractivity contribution in [1.29, 1.82) is 0 Å². The standard InChI is InChI=1S/C18H21N5O2S/c1-12-9-13(2)23-17(19-12)20-21-18(23)26-11-16(24)22(3)10-14-7-5-6-8-15(14)25-4/h5-9H,10-11H2,1-4H3. The fourth-order valence-corrected chi connectivity index (χ4v) is 3.63. The summed E-state index contributed by atoms with van der Waals surface area (Å²) in [6.07, 6.45) is 0. The van der Waals surface area contributed by atoms with E-state index in [2.05, 4.69) is 15.2 Å². The van der Waals surface area contributed by atoms with Gasteiger partial charge in [0.15, 0.2) is 5.16 Å². The number of amides is 1. The highest BCUT2D eigenvalue weighted by Gasteiger charge is 2.15. The Labute approximate surface area is 156 Å². The summed E-state index contributed by atoms with van der Waals surface area (Å²) in [6.45, 7) is 4.39. The number of aromatic nitrogens is 4. The summed E-state index contributed by atoms with van der Waals surface area (Å²) in [7, 11) is 3.42. The molecule has 0 unspecified atom stereocenters. The molecule has 0 radical (unpaired) electrons. The first-order valence-electron chi connectivity index (χ1n) is 8.17. The molecule has 0 N–H and O–H groups in total. The van der Waals surface area contributed by atoms with Gasteiger partial charge in [-0.1, -0.05) is 30.0 Å². The van der Waals surface area contributed by atoms with Crippen molar-refractivity contribution in [2.75, 3.05) is 19.9 Å². The average molecular weight is 371 g/mol. The van der Waals surface area contributed by atoms with Gasteiger partial charge in [-0.05, 0) is 26.0 Å². The maximum absolute atomic E-state index is 12.5. The van der Waals surface area contributed by atoms with E-state index in [9.17, 15) is 4.79 Å². The highest BCUT2D eigenvalue weighted by Crippen LogP contribution is 2.21. The number of fused-ring (bicyclic) bond motifs is 1. The summed E-state index contributed by atoms with van der Waals surface area (Å²) in [6, 6.07) is 9.66. The topological polar surface area (TPSA) is 72.6 Å². The lowest BCUT2D eigenvalue weighted by atomic mass is 10.2. The number of hydrogen-bond acceptors (Lipinski definition) is 6. The molecule has 2 aromatic heterocycles. The van der Waals surface area contributed by atoms with Crippen LogP contribution in [-0.2, 0) is 11.3 Å². The van der Waals surface area contributed by atoms with Crippen LogP contribution in [0.25, 0.3) is 5.78 Å². The van der Waals surface area contributed by atoms with Crippen LogP contribution in [-0.4, -0.2) is 50.3 Å². The largest absolute Gasteiger partial charge is 0.496 e. The van der Waals surface area contributed by atoms with Gasteiger partial charge in [0.2, 0.25) is 5.91 Å². The Hall–Kier alpha value is -2.61. The van der Waals surface area contributed by atoms with Crippen molar-refractivity contribution in [3.8, 4) is 5.75 Å². The van der Waals surface area contributed by atoms with Crippen LogP contribution in [0.4, 0.5) is 0 Å². The lowest BCUT2D eigenvalue weighted by Gasteiger charge is -2.18. The second-order valence-corrected chi connectivity index (χ2v) is 6.95. The number of aryl methyl sites for hydroxylation is 2. The molecule has 2 heterocycles. The summed E-state index contributed by atoms with van der Waals surface area (Å²) < 4.78 is 7.21. The van der Waals surface area contributed by atoms with E-state index in [1.807, 2.05) is 48.6 Å². The molecule has 0 aliphatic rings. The quantitative estimate of drug-likeness (QED) is 0.620. The Kier molecular flexibility index (Phi) is 5.41. The van der Waals surface area contributed by atoms with Crippen molar-refractivity contribution in [1.82, 2.24) is 24.5 Å². The summed E-state index contributed by atoms with van der Waals surface area (Å²) in [5.74, 6) is 1.62. The molecule has 8 heteroatoms. The molecule has 0 bridgehead atoms. The third-order valence-corrected chi connectivity index (χ3v) is 4.93. The third kappa shape index (κ3) is 3.80. The Morgan fingerprint density at radius 2 is 2.04 bits per heavy atom. The number of ether oxygens (including phenoxy) is 1. The molecule has 3 aromatic rings. The Morgan fingerprint density at radius 1 is 1.27 bits per heavy atom. The lowest BCUT2D eigenvalue weighted by molar-refractivity contribution is -0.127. The molecule has 0 saturated carbocycles. The molecule has 0 aliphatic carbocycles. The van der Waals surface area contributed by atoms with Crippen LogP contribution in [0.3, 0.4) is 0 Å². The van der Waals surface area contributed by atoms with E-state index < -0.39 is 0 Å². The first-order valence-corrected chi connectivity index (χ1v) is 9.16. The average Bonchev–Trinajstić information content (AvgIpc) is 3.03. The second-order valence-electron chi connectivity index (χ2n) is 6.01. The maximum Gasteiger partial charge on any atom is 0.256 e. The van der Waals surface area contributed by atoms with Gasteiger partial charge >= 0.3 is 0 Å². The molecular formula is C18H21N5O2S. The molecule has 1 aromatic carbocycles. The van der Waals surface area contributed by atoms with Crippen LogP contribution in [0.15, 0.2) is 35.5 Å². The first-order chi connectivity index (χ1) is 12.5. The number of methoxy groups -OCH3 is 1. The minimum Gasteiger partial charge on any atom is -0.496 e. The molecule has 3 rings (SSSR count). The second kappa shape index (κ2) is 7.74. The van der Waals surface area contributed by atoms with Crippen molar-refractivity contribution >= 4 is 23.4 Å². The van der Waals surface area contributed by atoms with Gasteiger partial charge in [0, 0.05) is 30.5 Å². The molecule has 0 saturated heterocycles. The molecule has 26 heavy (non-hydrogen) atoms. The monoisotopic (exact) mass is 371 g/mol. The number of hydrogen-bond donors (Lipinski definition) is 0. The van der Waals surface area contributed by atoms with Crippen LogP contribution >= 0.6 is 11.8 Å². The van der Waals surface area contributed by atoms with Gasteiger partial charge in [0.05, 0.1) is 12.9 Å². The van der Waals surface area contributed by atoms with Crippen molar-refractivity contribution < 1.29 is 9.53 Å². The molecule has 7 nitrogen and oxygen atoms in total. The lowest BCUT2D eigenvalue weighted by Crippen LogP contribution is -2.28. The van der Waals surface area contributed by atoms with Crippen molar-refractivity contribution in [2.45, 2.75) is 25.5 Å². The minimum absolute atomic E-state index is 0.00961. The van der Waals surface area contributed by atoms with Crippen LogP contribution in [0.2, 0.25) is 0 Å². The van der Waals surface area contributed by atoms with E-state index in [0.717, 1.165) is 22.7 Å². The zero-order valence-corrected chi connectivity index (χ0v) is 16.1. The Balaban J connectivity index is 1.67. The number of thioether (sulfide) groups is 1. The normalized spacial score (nSPS) is 10.9. The summed E-state index contributed by atoms with van der Waals surface area (Å²) in [5.41, 5.74) is 2.86. The highest BCUT2D eigenvalue weighted by atomic mass is 32.2. The number of carbonyl (C=O) groups excluding carboxylic acids is 1. The van der Waals surface area contributed by atoms with E-state index in [1.54, 1.807) is 19.1 Å². The van der Waals surface area contributed by atoms with Crippen LogP contribution in [0.5, 0.6) is 5.75 Å². The Bertz CT molecular complexity index is 940. The van der Waals surface area contributed by atoms with E-state index in [4.69, 9.17) is 4.74 Å². The molecule has 1 amide bonds. The fraction of sp³-hybridized carbons (Fsp3) is 0.333. The fourth-order valence-electron chi connectivity index (χ4n) is 2.71. The van der Waals surface area contributed by atoms with Gasteiger partial charge < -0.3 is 9.64 Å². The molecule has 0 atom stereocenters. The molecule has 0 spiro atoms. The van der Waals surface area contributed by atoms with Gasteiger partial charge in [-0.3, -0.25) is 9.20 Å².